The molecule has 18 heavy (non-hydrogen) atoms. The van der Waals surface area contributed by atoms with Crippen LogP contribution in [0.3, 0.4) is 0 Å². The molecule has 102 valence electrons. The number of rotatable bonds is 0. The summed E-state index contributed by atoms with van der Waals surface area (Å²) < 4.78 is 0. The van der Waals surface area contributed by atoms with Crippen molar-refractivity contribution in [1.82, 2.24) is 0 Å². The third-order valence-corrected chi connectivity index (χ3v) is 9.73. The molecule has 1 rings (SSSR count). The summed E-state index contributed by atoms with van der Waals surface area (Å²) in [6, 6.07) is 0. The van der Waals surface area contributed by atoms with Crippen LogP contribution in [-0.4, -0.2) is 29.0 Å². The van der Waals surface area contributed by atoms with Crippen molar-refractivity contribution in [1.29, 1.82) is 0 Å². The van der Waals surface area contributed by atoms with E-state index in [9.17, 15) is 0 Å². The van der Waals surface area contributed by atoms with Crippen molar-refractivity contribution in [2.24, 2.45) is 0 Å². The molecule has 0 amide bonds. The zero-order valence-corrected chi connectivity index (χ0v) is 18.7. The van der Waals surface area contributed by atoms with E-state index in [2.05, 4.69) is 132 Å². The van der Waals surface area contributed by atoms with Crippen LogP contribution in [0.2, 0.25) is 0 Å². The van der Waals surface area contributed by atoms with Gasteiger partial charge in [0.15, 0.2) is 0 Å². The first kappa shape index (κ1) is 18.1. The van der Waals surface area contributed by atoms with Gasteiger partial charge in [-0.15, -0.1) is 0 Å². The zero-order chi connectivity index (χ0) is 13.7. The summed E-state index contributed by atoms with van der Waals surface area (Å²) >= 11 is 22.0. The minimum atomic E-state index is 0.269. The van der Waals surface area contributed by atoms with Gasteiger partial charge in [0.2, 0.25) is 0 Å². The minimum Gasteiger partial charge on any atom is -0.0830 e. The summed E-state index contributed by atoms with van der Waals surface area (Å²) in [5, 5.41) is 0. The molecule has 0 N–H and O–H groups in total. The minimum absolute atomic E-state index is 0.269. The van der Waals surface area contributed by atoms with Gasteiger partial charge in [-0.1, -0.05) is 132 Å². The predicted octanol–water partition coefficient (Wildman–Crippen LogP) is 6.25. The fourth-order valence-corrected chi connectivity index (χ4v) is 3.39. The van der Waals surface area contributed by atoms with E-state index in [1.165, 1.54) is 0 Å². The van der Waals surface area contributed by atoms with Gasteiger partial charge in [-0.25, -0.2) is 0 Å². The molecule has 0 heterocycles. The summed E-state index contributed by atoms with van der Waals surface area (Å²) in [5.74, 6) is 0. The molecule has 0 aromatic rings. The molecule has 0 aliphatic heterocycles. The molecule has 0 spiro atoms. The maximum Gasteiger partial charge on any atom is 0.0486 e. The van der Waals surface area contributed by atoms with E-state index < -0.39 is 0 Å². The largest absolute Gasteiger partial charge is 0.0830 e. The second-order valence-corrected chi connectivity index (χ2v) is 10.2. The van der Waals surface area contributed by atoms with Crippen LogP contribution in [0, 0.1) is 0 Å². The molecule has 6 atom stereocenters. The predicted molar refractivity (Wildman–Crippen MR) is 104 cm³/mol. The number of halogens is 6. The van der Waals surface area contributed by atoms with Gasteiger partial charge in [0, 0.05) is 29.0 Å². The third kappa shape index (κ3) is 6.25. The van der Waals surface area contributed by atoms with Crippen molar-refractivity contribution in [3.8, 4) is 0 Å². The van der Waals surface area contributed by atoms with Gasteiger partial charge in [0.25, 0.3) is 0 Å². The van der Waals surface area contributed by atoms with Crippen LogP contribution < -0.4 is 0 Å². The van der Waals surface area contributed by atoms with Gasteiger partial charge in [-0.3, -0.25) is 0 Å². The summed E-state index contributed by atoms with van der Waals surface area (Å²) in [6.45, 7) is 0. The van der Waals surface area contributed by atoms with Gasteiger partial charge in [0.1, 0.15) is 0 Å². The average Bonchev–Trinajstić information content (AvgIpc) is 2.36. The fraction of sp³-hybridized carbons (Fsp3) is 0.500. The molecule has 0 fully saturated rings. The third-order valence-electron chi connectivity index (χ3n) is 2.35. The first-order valence-electron chi connectivity index (χ1n) is 5.31. The van der Waals surface area contributed by atoms with Crippen molar-refractivity contribution in [3.05, 3.63) is 36.5 Å². The quantitative estimate of drug-likeness (QED) is 0.218. The van der Waals surface area contributed by atoms with E-state index in [1.807, 2.05) is 0 Å². The average molecular weight is 636 g/mol. The molecular formula is C12H12Br6. The monoisotopic (exact) mass is 630 g/mol. The molecule has 1 aliphatic carbocycles. The van der Waals surface area contributed by atoms with Crippen LogP contribution in [-0.2, 0) is 0 Å². The molecule has 6 unspecified atom stereocenters. The molecule has 0 nitrogen and oxygen atoms in total. The van der Waals surface area contributed by atoms with Crippen LogP contribution >= 0.6 is 95.6 Å². The Kier molecular flexibility index (Phi) is 9.26. The smallest absolute Gasteiger partial charge is 0.0486 e. The van der Waals surface area contributed by atoms with Crippen LogP contribution in [0.1, 0.15) is 0 Å². The Morgan fingerprint density at radius 2 is 0.444 bits per heavy atom. The molecule has 0 bridgehead atoms. The molecular weight excluding hydrogens is 624 g/mol. The highest BCUT2D eigenvalue weighted by Gasteiger charge is 2.17. The summed E-state index contributed by atoms with van der Waals surface area (Å²) in [6.07, 6.45) is 12.9. The second-order valence-electron chi connectivity index (χ2n) is 3.82. The molecule has 0 saturated carbocycles. The SMILES string of the molecule is BrC1/C=C\C(Br)C(Br)/C=C\C(Br)C(Br)/C=C\C1Br. The Morgan fingerprint density at radius 3 is 0.556 bits per heavy atom. The van der Waals surface area contributed by atoms with Gasteiger partial charge in [-0.05, 0) is 0 Å². The van der Waals surface area contributed by atoms with Crippen molar-refractivity contribution in [2.45, 2.75) is 29.0 Å². The Hall–Kier alpha value is 2.10. The lowest BCUT2D eigenvalue weighted by Crippen LogP contribution is -2.16. The maximum atomic E-state index is 3.66. The summed E-state index contributed by atoms with van der Waals surface area (Å²) in [7, 11) is 0. The van der Waals surface area contributed by atoms with E-state index in [0.717, 1.165) is 0 Å². The zero-order valence-electron chi connectivity index (χ0n) is 9.20. The lowest BCUT2D eigenvalue weighted by Gasteiger charge is -2.16. The normalized spacial score (nSPS) is 47.7. The van der Waals surface area contributed by atoms with Crippen LogP contribution in [0.15, 0.2) is 36.5 Å². The topological polar surface area (TPSA) is 0 Å². The van der Waals surface area contributed by atoms with Crippen molar-refractivity contribution >= 4 is 95.6 Å². The van der Waals surface area contributed by atoms with Gasteiger partial charge >= 0.3 is 0 Å². The highest BCUT2D eigenvalue weighted by atomic mass is 79.9. The van der Waals surface area contributed by atoms with Gasteiger partial charge in [0.05, 0.1) is 0 Å². The van der Waals surface area contributed by atoms with Crippen LogP contribution in [0.5, 0.6) is 0 Å². The first-order chi connectivity index (χ1) is 8.41. The van der Waals surface area contributed by atoms with E-state index in [1.54, 1.807) is 0 Å². The van der Waals surface area contributed by atoms with Gasteiger partial charge < -0.3 is 0 Å². The van der Waals surface area contributed by atoms with Crippen molar-refractivity contribution in [2.75, 3.05) is 0 Å². The first-order valence-corrected chi connectivity index (χ1v) is 10.8. The Balaban J connectivity index is 2.94. The highest BCUT2D eigenvalue weighted by molar-refractivity contribution is 9.13. The Labute approximate surface area is 159 Å². The molecule has 0 radical (unpaired) electrons. The van der Waals surface area contributed by atoms with Crippen molar-refractivity contribution < 1.29 is 0 Å². The molecule has 1 aliphatic rings. The maximum absolute atomic E-state index is 3.66. The van der Waals surface area contributed by atoms with Crippen LogP contribution in [0.25, 0.3) is 0 Å². The Bertz CT molecular complexity index is 255. The number of hydrogen-bond donors (Lipinski definition) is 0. The van der Waals surface area contributed by atoms with Crippen molar-refractivity contribution in [3.63, 3.8) is 0 Å². The summed E-state index contributed by atoms with van der Waals surface area (Å²) in [4.78, 5) is 1.61. The number of alkyl halides is 6. The Morgan fingerprint density at radius 1 is 0.333 bits per heavy atom. The van der Waals surface area contributed by atoms with E-state index in [4.69, 9.17) is 0 Å². The second kappa shape index (κ2) is 9.19. The summed E-state index contributed by atoms with van der Waals surface area (Å²) in [5.41, 5.74) is 0. The highest BCUT2D eigenvalue weighted by Crippen LogP contribution is 2.25. The van der Waals surface area contributed by atoms with E-state index >= 15 is 0 Å². The number of hydrogen-bond acceptors (Lipinski definition) is 0. The van der Waals surface area contributed by atoms with Crippen LogP contribution in [0.4, 0.5) is 0 Å². The van der Waals surface area contributed by atoms with E-state index in [-0.39, 0.29) is 29.0 Å². The number of allylic oxidation sites excluding steroid dienone is 6. The molecule has 0 aromatic heterocycles. The lowest BCUT2D eigenvalue weighted by atomic mass is 10.1. The molecule has 6 heteroatoms. The fourth-order valence-electron chi connectivity index (χ4n) is 1.27. The van der Waals surface area contributed by atoms with Gasteiger partial charge in [-0.2, -0.15) is 0 Å². The lowest BCUT2D eigenvalue weighted by molar-refractivity contribution is 1.04. The van der Waals surface area contributed by atoms with E-state index in [0.29, 0.717) is 0 Å². The standard InChI is InChI=1S/C12H12Br6/c13-7-1-2-8(14)10(16)5-6-12(18)11(17)4-3-9(7)15/h1-12H/b2-1-,4-3-,6-5-. The molecule has 0 saturated heterocycles. The molecule has 0 aromatic carbocycles.